The average Bonchev–Trinajstić information content (AvgIpc) is 2.38. The molecule has 0 spiro atoms. The van der Waals surface area contributed by atoms with Crippen molar-refractivity contribution in [2.75, 3.05) is 0 Å². The standard InChI is InChI=1S/C10H8FNO2/c1-10(11)13-8-3-2-7(4-5-12)6-9(8)14-10/h2-3,6H,4H2,1H3. The smallest absolute Gasteiger partial charge is 0.404 e. The zero-order valence-electron chi connectivity index (χ0n) is 7.58. The fraction of sp³-hybridized carbons (Fsp3) is 0.300. The second-order valence-electron chi connectivity index (χ2n) is 3.15. The summed E-state index contributed by atoms with van der Waals surface area (Å²) in [4.78, 5) is 0. The normalized spacial score (nSPS) is 23.2. The maximum Gasteiger partial charge on any atom is 0.404 e. The molecule has 0 N–H and O–H groups in total. The maximum absolute atomic E-state index is 13.2. The molecule has 0 radical (unpaired) electrons. The number of alkyl halides is 1. The summed E-state index contributed by atoms with van der Waals surface area (Å²) in [7, 11) is 0. The van der Waals surface area contributed by atoms with Gasteiger partial charge in [-0.2, -0.15) is 9.65 Å². The molecular weight excluding hydrogens is 185 g/mol. The zero-order valence-corrected chi connectivity index (χ0v) is 7.58. The molecule has 0 aliphatic carbocycles. The van der Waals surface area contributed by atoms with E-state index in [0.29, 0.717) is 11.5 Å². The summed E-state index contributed by atoms with van der Waals surface area (Å²) in [6.07, 6.45) is 0.277. The van der Waals surface area contributed by atoms with E-state index in [1.165, 1.54) is 6.92 Å². The largest absolute Gasteiger partial charge is 0.423 e. The minimum Gasteiger partial charge on any atom is -0.423 e. The molecule has 1 aromatic carbocycles. The van der Waals surface area contributed by atoms with Crippen molar-refractivity contribution in [1.82, 2.24) is 0 Å². The van der Waals surface area contributed by atoms with Gasteiger partial charge in [-0.05, 0) is 17.7 Å². The summed E-state index contributed by atoms with van der Waals surface area (Å²) in [6.45, 7) is 1.19. The van der Waals surface area contributed by atoms with Crippen molar-refractivity contribution in [2.45, 2.75) is 19.4 Å². The Morgan fingerprint density at radius 3 is 2.86 bits per heavy atom. The third-order valence-electron chi connectivity index (χ3n) is 1.88. The van der Waals surface area contributed by atoms with Crippen molar-refractivity contribution in [3.8, 4) is 17.6 Å². The molecule has 3 nitrogen and oxygen atoms in total. The lowest BCUT2D eigenvalue weighted by Crippen LogP contribution is -2.27. The number of ether oxygens (including phenoxy) is 2. The van der Waals surface area contributed by atoms with Crippen LogP contribution < -0.4 is 9.47 Å². The van der Waals surface area contributed by atoms with Crippen LogP contribution in [0.5, 0.6) is 11.5 Å². The van der Waals surface area contributed by atoms with Gasteiger partial charge in [0, 0.05) is 6.92 Å². The van der Waals surface area contributed by atoms with Gasteiger partial charge in [-0.25, -0.2) is 0 Å². The van der Waals surface area contributed by atoms with E-state index in [1.54, 1.807) is 18.2 Å². The van der Waals surface area contributed by atoms with Crippen LogP contribution in [-0.2, 0) is 6.42 Å². The molecule has 0 fully saturated rings. The Labute approximate surface area is 80.7 Å². The molecule has 0 aromatic heterocycles. The Morgan fingerprint density at radius 1 is 1.43 bits per heavy atom. The number of halogens is 1. The van der Waals surface area contributed by atoms with Crippen molar-refractivity contribution in [1.29, 1.82) is 5.26 Å². The molecule has 1 atom stereocenters. The van der Waals surface area contributed by atoms with Gasteiger partial charge in [0.25, 0.3) is 0 Å². The minimum atomic E-state index is -2.09. The van der Waals surface area contributed by atoms with Gasteiger partial charge in [0.05, 0.1) is 12.5 Å². The lowest BCUT2D eigenvalue weighted by molar-refractivity contribution is -0.173. The molecule has 0 bridgehead atoms. The maximum atomic E-state index is 13.2. The van der Waals surface area contributed by atoms with Crippen LogP contribution in [0.3, 0.4) is 0 Å². The van der Waals surface area contributed by atoms with Gasteiger partial charge in [-0.1, -0.05) is 6.07 Å². The molecular formula is C10H8FNO2. The fourth-order valence-corrected chi connectivity index (χ4v) is 1.33. The van der Waals surface area contributed by atoms with Gasteiger partial charge in [0.1, 0.15) is 0 Å². The zero-order chi connectivity index (χ0) is 10.2. The Bertz CT molecular complexity index is 409. The van der Waals surface area contributed by atoms with Crippen LogP contribution in [0.2, 0.25) is 0 Å². The molecule has 14 heavy (non-hydrogen) atoms. The van der Waals surface area contributed by atoms with Crippen LogP contribution in [0.1, 0.15) is 12.5 Å². The van der Waals surface area contributed by atoms with E-state index in [2.05, 4.69) is 0 Å². The highest BCUT2D eigenvalue weighted by molar-refractivity contribution is 5.45. The minimum absolute atomic E-state index is 0.277. The first-order valence-electron chi connectivity index (χ1n) is 4.17. The Kier molecular flexibility index (Phi) is 1.81. The van der Waals surface area contributed by atoms with Crippen LogP contribution in [0.15, 0.2) is 18.2 Å². The molecule has 4 heteroatoms. The lowest BCUT2D eigenvalue weighted by Gasteiger charge is -2.10. The van der Waals surface area contributed by atoms with E-state index in [9.17, 15) is 4.39 Å². The number of nitriles is 1. The molecule has 1 heterocycles. The van der Waals surface area contributed by atoms with Gasteiger partial charge < -0.3 is 9.47 Å². The molecule has 0 saturated heterocycles. The third-order valence-corrected chi connectivity index (χ3v) is 1.88. The van der Waals surface area contributed by atoms with Crippen LogP contribution in [0.25, 0.3) is 0 Å². The molecule has 0 amide bonds. The van der Waals surface area contributed by atoms with Gasteiger partial charge in [-0.3, -0.25) is 0 Å². The summed E-state index contributed by atoms with van der Waals surface area (Å²) in [5.74, 6) is 0.722. The van der Waals surface area contributed by atoms with Gasteiger partial charge in [0.15, 0.2) is 11.5 Å². The van der Waals surface area contributed by atoms with E-state index >= 15 is 0 Å². The lowest BCUT2D eigenvalue weighted by atomic mass is 10.1. The number of rotatable bonds is 1. The van der Waals surface area contributed by atoms with E-state index in [-0.39, 0.29) is 6.42 Å². The van der Waals surface area contributed by atoms with Crippen molar-refractivity contribution in [3.63, 3.8) is 0 Å². The van der Waals surface area contributed by atoms with E-state index in [1.807, 2.05) is 6.07 Å². The second-order valence-corrected chi connectivity index (χ2v) is 3.15. The molecule has 0 saturated carbocycles. The van der Waals surface area contributed by atoms with Crippen LogP contribution in [-0.4, -0.2) is 6.04 Å². The highest BCUT2D eigenvalue weighted by atomic mass is 19.2. The van der Waals surface area contributed by atoms with Gasteiger partial charge in [0.2, 0.25) is 0 Å². The molecule has 72 valence electrons. The van der Waals surface area contributed by atoms with E-state index < -0.39 is 6.04 Å². The fourth-order valence-electron chi connectivity index (χ4n) is 1.33. The van der Waals surface area contributed by atoms with Crippen LogP contribution in [0.4, 0.5) is 4.39 Å². The Hall–Kier alpha value is -1.76. The summed E-state index contributed by atoms with van der Waals surface area (Å²) in [5.41, 5.74) is 0.785. The van der Waals surface area contributed by atoms with E-state index in [4.69, 9.17) is 14.7 Å². The first kappa shape index (κ1) is 8.82. The topological polar surface area (TPSA) is 42.2 Å². The summed E-state index contributed by atoms with van der Waals surface area (Å²) in [5, 5.41) is 8.47. The Morgan fingerprint density at radius 2 is 2.14 bits per heavy atom. The summed E-state index contributed by atoms with van der Waals surface area (Å²) in [6, 6.07) is 4.85. The number of hydrogen-bond donors (Lipinski definition) is 0. The third kappa shape index (κ3) is 1.49. The monoisotopic (exact) mass is 193 g/mol. The van der Waals surface area contributed by atoms with Crippen molar-refractivity contribution < 1.29 is 13.9 Å². The van der Waals surface area contributed by atoms with Gasteiger partial charge in [-0.15, -0.1) is 0 Å². The highest BCUT2D eigenvalue weighted by Gasteiger charge is 2.36. The van der Waals surface area contributed by atoms with Crippen molar-refractivity contribution >= 4 is 0 Å². The predicted octanol–water partition coefficient (Wildman–Crippen LogP) is 2.17. The van der Waals surface area contributed by atoms with Crippen molar-refractivity contribution in [3.05, 3.63) is 23.8 Å². The summed E-state index contributed by atoms with van der Waals surface area (Å²) < 4.78 is 23.0. The van der Waals surface area contributed by atoms with Gasteiger partial charge >= 0.3 is 6.04 Å². The molecule has 2 rings (SSSR count). The van der Waals surface area contributed by atoms with Crippen LogP contribution >= 0.6 is 0 Å². The van der Waals surface area contributed by atoms with E-state index in [0.717, 1.165) is 5.56 Å². The quantitative estimate of drug-likeness (QED) is 0.686. The molecule has 1 aromatic rings. The predicted molar refractivity (Wildman–Crippen MR) is 46.5 cm³/mol. The molecule has 1 unspecified atom stereocenters. The molecule has 1 aliphatic heterocycles. The average molecular weight is 193 g/mol. The molecule has 1 aliphatic rings. The summed E-state index contributed by atoms with van der Waals surface area (Å²) >= 11 is 0. The number of fused-ring (bicyclic) bond motifs is 1. The highest BCUT2D eigenvalue weighted by Crippen LogP contribution is 2.40. The van der Waals surface area contributed by atoms with Crippen molar-refractivity contribution in [2.24, 2.45) is 0 Å². The first-order valence-corrected chi connectivity index (χ1v) is 4.17. The first-order chi connectivity index (χ1) is 6.61. The number of nitrogens with zero attached hydrogens (tertiary/aromatic N) is 1. The Balaban J connectivity index is 2.32. The van der Waals surface area contributed by atoms with Crippen LogP contribution in [0, 0.1) is 11.3 Å². The SMILES string of the molecule is CC1(F)Oc2ccc(CC#N)cc2O1. The number of hydrogen-bond acceptors (Lipinski definition) is 3. The number of benzene rings is 1. The second kappa shape index (κ2) is 2.88.